The van der Waals surface area contributed by atoms with Gasteiger partial charge in [-0.3, -0.25) is 15.0 Å². The first-order valence-corrected chi connectivity index (χ1v) is 18.7. The second-order valence-electron chi connectivity index (χ2n) is 13.1. The van der Waals surface area contributed by atoms with Crippen LogP contribution in [0.15, 0.2) is 206 Å². The predicted octanol–water partition coefficient (Wildman–Crippen LogP) is 13.4. The maximum Gasteiger partial charge on any atom is 0.115 e. The van der Waals surface area contributed by atoms with Gasteiger partial charge in [-0.1, -0.05) is 98.1 Å². The minimum atomic E-state index is 1.01. The van der Waals surface area contributed by atoms with Crippen molar-refractivity contribution < 1.29 is 0 Å². The summed E-state index contributed by atoms with van der Waals surface area (Å²) in [4.78, 5) is 23.5. The molecule has 9 aromatic rings. The van der Waals surface area contributed by atoms with E-state index in [1.807, 2.05) is 56.3 Å². The quantitative estimate of drug-likeness (QED) is 0.0923. The maximum atomic E-state index is 4.26. The minimum absolute atomic E-state index is 1.01. The monoisotopic (exact) mass is 752 g/mol. The lowest BCUT2D eigenvalue weighted by atomic mass is 9.86. The Morgan fingerprint density at radius 1 is 0.500 bits per heavy atom. The van der Waals surface area contributed by atoms with Gasteiger partial charge in [0.05, 0.1) is 0 Å². The molecule has 6 aromatic carbocycles. The van der Waals surface area contributed by atoms with Crippen molar-refractivity contribution in [1.29, 1.82) is 0 Å². The van der Waals surface area contributed by atoms with Gasteiger partial charge in [0.25, 0.3) is 0 Å². The fraction of sp³-hybridized carbons (Fsp3) is 0.0385. The van der Waals surface area contributed by atoms with Crippen LogP contribution in [0.25, 0.3) is 88.0 Å². The molecule has 0 unspecified atom stereocenters. The number of pyridine rings is 2. The highest BCUT2D eigenvalue weighted by atomic mass is 14.8. The molecule has 0 atom stereocenters. The van der Waals surface area contributed by atoms with E-state index in [1.165, 1.54) is 60.8 Å². The van der Waals surface area contributed by atoms with Crippen LogP contribution in [0.3, 0.4) is 0 Å². The first-order valence-electron chi connectivity index (χ1n) is 18.7. The average Bonchev–Trinajstić information content (AvgIpc) is 3.29. The molecule has 282 valence electrons. The van der Waals surface area contributed by atoms with Crippen molar-refractivity contribution >= 4 is 45.8 Å². The molecule has 0 saturated carbocycles. The van der Waals surface area contributed by atoms with Crippen molar-refractivity contribution in [3.63, 3.8) is 0 Å². The summed E-state index contributed by atoms with van der Waals surface area (Å²) in [5, 5.41) is 7.56. The van der Waals surface area contributed by atoms with Gasteiger partial charge in [0.2, 0.25) is 0 Å². The Labute approximate surface area is 340 Å². The maximum absolute atomic E-state index is 4.26. The third-order valence-corrected chi connectivity index (χ3v) is 9.46. The molecule has 0 aliphatic heterocycles. The highest BCUT2D eigenvalue weighted by Crippen LogP contribution is 2.44. The van der Waals surface area contributed by atoms with Gasteiger partial charge >= 0.3 is 0 Å². The van der Waals surface area contributed by atoms with Crippen LogP contribution < -0.4 is 0 Å². The highest BCUT2D eigenvalue weighted by Gasteiger charge is 2.16. The van der Waals surface area contributed by atoms with Crippen molar-refractivity contribution in [2.75, 3.05) is 7.05 Å². The SMILES string of the molecule is C=C/C=C\C.C=CN=C.C=NC.c1cc(-c2cncnc2)cc(-c2ccc3ccc4c(-c5cc(-c6ccncc6)cc(-c6ccncc6)c5)ccc5ccc2c3c54)c1. The van der Waals surface area contributed by atoms with Crippen LogP contribution in [0.2, 0.25) is 0 Å². The minimum Gasteiger partial charge on any atom is -0.304 e. The first kappa shape index (κ1) is 40.0. The van der Waals surface area contributed by atoms with E-state index >= 15 is 0 Å². The van der Waals surface area contributed by atoms with Crippen molar-refractivity contribution in [3.8, 4) is 55.6 Å². The van der Waals surface area contributed by atoms with Crippen molar-refractivity contribution in [2.45, 2.75) is 6.92 Å². The van der Waals surface area contributed by atoms with E-state index in [-0.39, 0.29) is 0 Å². The van der Waals surface area contributed by atoms with Crippen molar-refractivity contribution in [2.24, 2.45) is 9.98 Å². The van der Waals surface area contributed by atoms with Crippen molar-refractivity contribution in [1.82, 2.24) is 19.9 Å². The van der Waals surface area contributed by atoms with E-state index in [9.17, 15) is 0 Å². The van der Waals surface area contributed by atoms with Crippen LogP contribution in [0.1, 0.15) is 6.92 Å². The van der Waals surface area contributed by atoms with E-state index in [0.29, 0.717) is 0 Å². The number of hydrogen-bond acceptors (Lipinski definition) is 6. The standard InChI is InChI=1S/C42H26N4.C5H8.C3H5N.C2H5N/c1-2-31(36-24-45-26-46-25-36)20-32(3-1)37-8-4-29-7-11-40-38(9-5-30-6-10-39(37)41(29)42(30)40)35-22-33(27-12-16-43-17-13-27)21-34(23-35)28-14-18-44-19-15-28;1-3-5-4-2;1-3-4-2;1-3-2/h1-26H;3-5H,1H2,2H3;3H,1-2H2;1H2,2H3/b;5-4-;;. The van der Waals surface area contributed by atoms with Gasteiger partial charge < -0.3 is 4.99 Å². The second-order valence-corrected chi connectivity index (χ2v) is 13.1. The lowest BCUT2D eigenvalue weighted by Gasteiger charge is -2.18. The van der Waals surface area contributed by atoms with E-state index in [0.717, 1.165) is 33.4 Å². The van der Waals surface area contributed by atoms with Gasteiger partial charge in [-0.05, 0) is 151 Å². The third kappa shape index (κ3) is 9.05. The molecule has 0 bridgehead atoms. The second kappa shape index (κ2) is 19.8. The summed E-state index contributed by atoms with van der Waals surface area (Å²) in [7, 11) is 1.64. The zero-order valence-electron chi connectivity index (χ0n) is 32.8. The molecule has 0 saturated heterocycles. The Balaban J connectivity index is 0.000000420. The molecule has 0 N–H and O–H groups in total. The lowest BCUT2D eigenvalue weighted by Crippen LogP contribution is -1.91. The number of nitrogens with zero attached hydrogens (tertiary/aromatic N) is 6. The van der Waals surface area contributed by atoms with Crippen LogP contribution in [0.5, 0.6) is 0 Å². The van der Waals surface area contributed by atoms with Gasteiger partial charge in [-0.2, -0.15) is 0 Å². The number of aromatic nitrogens is 4. The van der Waals surface area contributed by atoms with E-state index in [2.05, 4.69) is 172 Å². The molecule has 58 heavy (non-hydrogen) atoms. The van der Waals surface area contributed by atoms with E-state index < -0.39 is 0 Å². The lowest BCUT2D eigenvalue weighted by molar-refractivity contribution is 1.17. The molecular formula is C52H44N6. The van der Waals surface area contributed by atoms with Crippen LogP contribution >= 0.6 is 0 Å². The summed E-state index contributed by atoms with van der Waals surface area (Å²) in [5.41, 5.74) is 11.5. The Bertz CT molecular complexity index is 2750. The smallest absolute Gasteiger partial charge is 0.115 e. The fourth-order valence-electron chi connectivity index (χ4n) is 6.96. The summed E-state index contributed by atoms with van der Waals surface area (Å²) in [6, 6.07) is 42.0. The van der Waals surface area contributed by atoms with Gasteiger partial charge in [0.15, 0.2) is 0 Å². The Morgan fingerprint density at radius 3 is 1.41 bits per heavy atom. The molecule has 0 fully saturated rings. The number of allylic oxidation sites excluding steroid dienone is 3. The molecule has 6 heteroatoms. The molecule has 0 radical (unpaired) electrons. The zero-order valence-corrected chi connectivity index (χ0v) is 32.8. The topological polar surface area (TPSA) is 76.3 Å². The van der Waals surface area contributed by atoms with Gasteiger partial charge in [0.1, 0.15) is 6.33 Å². The molecule has 0 aliphatic rings. The first-order chi connectivity index (χ1) is 28.5. The summed E-state index contributed by atoms with van der Waals surface area (Å²) in [6.07, 6.45) is 19.7. The van der Waals surface area contributed by atoms with Crippen molar-refractivity contribution in [3.05, 3.63) is 196 Å². The Morgan fingerprint density at radius 2 is 0.948 bits per heavy atom. The van der Waals surface area contributed by atoms with E-state index in [4.69, 9.17) is 0 Å². The predicted molar refractivity (Wildman–Crippen MR) is 249 cm³/mol. The highest BCUT2D eigenvalue weighted by molar-refractivity contribution is 6.27. The number of hydrogen-bond donors (Lipinski definition) is 0. The normalized spacial score (nSPS) is 10.4. The number of benzene rings is 6. The molecule has 9 rings (SSSR count). The zero-order chi connectivity index (χ0) is 40.7. The van der Waals surface area contributed by atoms with Gasteiger partial charge in [-0.15, -0.1) is 0 Å². The largest absolute Gasteiger partial charge is 0.304 e. The van der Waals surface area contributed by atoms with Gasteiger partial charge in [-0.25, -0.2) is 9.97 Å². The molecule has 0 amide bonds. The summed E-state index contributed by atoms with van der Waals surface area (Å²) >= 11 is 0. The fourth-order valence-corrected chi connectivity index (χ4v) is 6.96. The molecule has 0 aliphatic carbocycles. The summed E-state index contributed by atoms with van der Waals surface area (Å²) < 4.78 is 0. The van der Waals surface area contributed by atoms with E-state index in [1.54, 1.807) is 19.5 Å². The Hall–Kier alpha value is -7.70. The molecule has 3 aromatic heterocycles. The molecular weight excluding hydrogens is 709 g/mol. The van der Waals surface area contributed by atoms with Gasteiger partial charge in [0, 0.05) is 56.0 Å². The molecule has 6 nitrogen and oxygen atoms in total. The third-order valence-electron chi connectivity index (χ3n) is 9.46. The number of rotatable bonds is 7. The molecule has 3 heterocycles. The molecule has 0 spiro atoms. The summed E-state index contributed by atoms with van der Waals surface area (Å²) in [6.45, 7) is 14.9. The van der Waals surface area contributed by atoms with Crippen LogP contribution in [-0.4, -0.2) is 40.4 Å². The number of aliphatic imine (C=N–C) groups is 2. The Kier molecular flexibility index (Phi) is 13.6. The summed E-state index contributed by atoms with van der Waals surface area (Å²) in [5.74, 6) is 0. The van der Waals surface area contributed by atoms with Crippen LogP contribution in [0.4, 0.5) is 0 Å². The average molecular weight is 753 g/mol. The van der Waals surface area contributed by atoms with Crippen LogP contribution in [0, 0.1) is 0 Å². The van der Waals surface area contributed by atoms with Crippen LogP contribution in [-0.2, 0) is 0 Å².